The van der Waals surface area contributed by atoms with Gasteiger partial charge in [0, 0.05) is 12.8 Å². The van der Waals surface area contributed by atoms with E-state index in [-0.39, 0.29) is 32.0 Å². The largest absolute Gasteiger partial charge is 0.472 e. The number of phosphoric acid groups is 1. The van der Waals surface area contributed by atoms with Crippen molar-refractivity contribution in [3.8, 4) is 0 Å². The lowest BCUT2D eigenvalue weighted by Gasteiger charge is -2.24. The van der Waals surface area contributed by atoms with Crippen molar-refractivity contribution in [1.29, 1.82) is 0 Å². The number of hydrogen-bond acceptors (Lipinski definition) is 7. The summed E-state index contributed by atoms with van der Waals surface area (Å²) >= 11 is 0. The number of ether oxygens (including phenoxy) is 2. The van der Waals surface area contributed by atoms with Gasteiger partial charge in [-0.25, -0.2) is 4.57 Å². The standard InChI is InChI=1S/C40H74NO8P/c1-6-8-10-12-14-16-18-20-22-24-26-28-30-32-39(42)46-36-38(37-48-50(44,45)47-35-34-41(3,4)5)49-40(43)33-31-29-27-25-23-21-19-17-15-13-11-9-7-2/h9,11,15,17,21,23,38H,6-8,10,12-14,16,18-20,22,24-37H2,1-5H3/p+1/b11-9-,17-15-,23-21-. The molecule has 10 heteroatoms. The van der Waals surface area contributed by atoms with Crippen LogP contribution in [0.25, 0.3) is 0 Å². The monoisotopic (exact) mass is 729 g/mol. The Balaban J connectivity index is 4.47. The third kappa shape index (κ3) is 36.0. The highest BCUT2D eigenvalue weighted by atomic mass is 31.2. The Morgan fingerprint density at radius 2 is 1.14 bits per heavy atom. The minimum atomic E-state index is -4.37. The van der Waals surface area contributed by atoms with E-state index in [1.54, 1.807) is 0 Å². The lowest BCUT2D eigenvalue weighted by molar-refractivity contribution is -0.870. The van der Waals surface area contributed by atoms with E-state index < -0.39 is 26.5 Å². The molecule has 0 aliphatic carbocycles. The first-order chi connectivity index (χ1) is 24.0. The van der Waals surface area contributed by atoms with Gasteiger partial charge in [0.05, 0.1) is 27.7 Å². The average molecular weight is 729 g/mol. The predicted octanol–water partition coefficient (Wildman–Crippen LogP) is 10.6. The number of likely N-dealkylation sites (N-methyl/N-ethyl adjacent to an activating group) is 1. The van der Waals surface area contributed by atoms with Crippen LogP contribution in [0.5, 0.6) is 0 Å². The number of carbonyl (C=O) groups is 2. The minimum absolute atomic E-state index is 0.0262. The third-order valence-electron chi connectivity index (χ3n) is 8.18. The van der Waals surface area contributed by atoms with Crippen LogP contribution in [0.3, 0.4) is 0 Å². The van der Waals surface area contributed by atoms with Gasteiger partial charge in [-0.05, 0) is 44.9 Å². The van der Waals surface area contributed by atoms with Crippen molar-refractivity contribution in [2.75, 3.05) is 47.5 Å². The Morgan fingerprint density at radius 3 is 1.70 bits per heavy atom. The quantitative estimate of drug-likeness (QED) is 0.0226. The number of rotatable bonds is 35. The molecule has 0 aromatic heterocycles. The second kappa shape index (κ2) is 33.1. The fourth-order valence-electron chi connectivity index (χ4n) is 5.09. The molecule has 0 radical (unpaired) electrons. The molecule has 2 unspecified atom stereocenters. The lowest BCUT2D eigenvalue weighted by atomic mass is 10.0. The Labute approximate surface area is 306 Å². The van der Waals surface area contributed by atoms with Gasteiger partial charge in [0.15, 0.2) is 6.10 Å². The van der Waals surface area contributed by atoms with Gasteiger partial charge in [-0.3, -0.25) is 18.6 Å². The zero-order valence-electron chi connectivity index (χ0n) is 32.6. The normalized spacial score (nSPS) is 14.1. The Kier molecular flexibility index (Phi) is 31.9. The van der Waals surface area contributed by atoms with Crippen molar-refractivity contribution in [3.63, 3.8) is 0 Å². The summed E-state index contributed by atoms with van der Waals surface area (Å²) in [6.45, 7) is 4.26. The summed E-state index contributed by atoms with van der Waals surface area (Å²) in [5.41, 5.74) is 0. The van der Waals surface area contributed by atoms with Crippen LogP contribution in [0.4, 0.5) is 0 Å². The van der Waals surface area contributed by atoms with E-state index in [0.717, 1.165) is 57.8 Å². The molecular weight excluding hydrogens is 653 g/mol. The third-order valence-corrected chi connectivity index (χ3v) is 9.17. The van der Waals surface area contributed by atoms with Crippen LogP contribution >= 0.6 is 7.82 Å². The van der Waals surface area contributed by atoms with Gasteiger partial charge in [-0.15, -0.1) is 0 Å². The molecule has 0 fully saturated rings. The van der Waals surface area contributed by atoms with E-state index in [9.17, 15) is 19.0 Å². The molecule has 2 atom stereocenters. The Morgan fingerprint density at radius 1 is 0.640 bits per heavy atom. The van der Waals surface area contributed by atoms with Crippen LogP contribution in [0, 0.1) is 0 Å². The van der Waals surface area contributed by atoms with Crippen molar-refractivity contribution in [2.24, 2.45) is 0 Å². The fourth-order valence-corrected chi connectivity index (χ4v) is 5.83. The average Bonchev–Trinajstić information content (AvgIpc) is 3.06. The minimum Gasteiger partial charge on any atom is -0.462 e. The number of carbonyl (C=O) groups excluding carboxylic acids is 2. The fraction of sp³-hybridized carbons (Fsp3) is 0.800. The second-order valence-electron chi connectivity index (χ2n) is 14.3. The molecule has 1 N–H and O–H groups in total. The maximum absolute atomic E-state index is 12.6. The molecule has 0 rings (SSSR count). The molecule has 0 bridgehead atoms. The smallest absolute Gasteiger partial charge is 0.462 e. The van der Waals surface area contributed by atoms with Gasteiger partial charge in [0.2, 0.25) is 0 Å². The van der Waals surface area contributed by atoms with Crippen molar-refractivity contribution >= 4 is 19.8 Å². The Bertz CT molecular complexity index is 959. The van der Waals surface area contributed by atoms with Crippen LogP contribution in [0.2, 0.25) is 0 Å². The maximum Gasteiger partial charge on any atom is 0.472 e. The van der Waals surface area contributed by atoms with E-state index in [0.29, 0.717) is 17.4 Å². The number of nitrogens with zero attached hydrogens (tertiary/aromatic N) is 1. The highest BCUT2D eigenvalue weighted by Crippen LogP contribution is 2.43. The van der Waals surface area contributed by atoms with Crippen molar-refractivity contribution in [2.45, 2.75) is 161 Å². The van der Waals surface area contributed by atoms with E-state index in [4.69, 9.17) is 18.5 Å². The van der Waals surface area contributed by atoms with Gasteiger partial charge in [-0.1, -0.05) is 134 Å². The zero-order valence-corrected chi connectivity index (χ0v) is 33.5. The van der Waals surface area contributed by atoms with E-state index in [1.165, 1.54) is 64.2 Å². The molecule has 50 heavy (non-hydrogen) atoms. The van der Waals surface area contributed by atoms with Gasteiger partial charge >= 0.3 is 19.8 Å². The first-order valence-corrected chi connectivity index (χ1v) is 21.2. The number of allylic oxidation sites excluding steroid dienone is 6. The van der Waals surface area contributed by atoms with Gasteiger partial charge in [0.1, 0.15) is 19.8 Å². The van der Waals surface area contributed by atoms with Gasteiger partial charge in [-0.2, -0.15) is 0 Å². The maximum atomic E-state index is 12.6. The molecule has 0 aromatic rings. The SMILES string of the molecule is CC/C=C\C/C=C\C/C=C\CCCCCC(=O)OC(COC(=O)CCCCCCCCCCCCCCC)COP(=O)(O)OCC[N+](C)(C)C. The molecule has 0 saturated heterocycles. The van der Waals surface area contributed by atoms with Crippen molar-refractivity contribution in [1.82, 2.24) is 0 Å². The molecule has 0 aromatic carbocycles. The predicted molar refractivity (Wildman–Crippen MR) is 206 cm³/mol. The number of esters is 2. The summed E-state index contributed by atoms with van der Waals surface area (Å²) in [7, 11) is 1.45. The number of quaternary nitrogens is 1. The molecule has 0 spiro atoms. The molecular formula is C40H75NO8P+. The molecule has 0 saturated carbocycles. The van der Waals surface area contributed by atoms with Crippen LogP contribution in [-0.2, 0) is 32.7 Å². The van der Waals surface area contributed by atoms with Crippen molar-refractivity contribution in [3.05, 3.63) is 36.5 Å². The highest BCUT2D eigenvalue weighted by Gasteiger charge is 2.27. The van der Waals surface area contributed by atoms with E-state index >= 15 is 0 Å². The van der Waals surface area contributed by atoms with Crippen molar-refractivity contribution < 1.29 is 42.1 Å². The second-order valence-corrected chi connectivity index (χ2v) is 15.7. The topological polar surface area (TPSA) is 108 Å². The van der Waals surface area contributed by atoms with Crippen LogP contribution < -0.4 is 0 Å². The first kappa shape index (κ1) is 48.2. The summed E-state index contributed by atoms with van der Waals surface area (Å²) in [5.74, 6) is -0.833. The highest BCUT2D eigenvalue weighted by molar-refractivity contribution is 7.47. The molecule has 0 aliphatic rings. The Hall–Kier alpha value is -1.77. The van der Waals surface area contributed by atoms with Gasteiger partial charge < -0.3 is 18.9 Å². The summed E-state index contributed by atoms with van der Waals surface area (Å²) in [6.07, 6.45) is 34.8. The van der Waals surface area contributed by atoms with Crippen LogP contribution in [-0.4, -0.2) is 74.9 Å². The van der Waals surface area contributed by atoms with E-state index in [2.05, 4.69) is 50.3 Å². The summed E-state index contributed by atoms with van der Waals surface area (Å²) in [4.78, 5) is 35.2. The lowest BCUT2D eigenvalue weighted by Crippen LogP contribution is -2.37. The van der Waals surface area contributed by atoms with E-state index in [1.807, 2.05) is 21.1 Å². The first-order valence-electron chi connectivity index (χ1n) is 19.7. The number of phosphoric ester groups is 1. The summed E-state index contributed by atoms with van der Waals surface area (Å²) < 4.78 is 34.1. The molecule has 9 nitrogen and oxygen atoms in total. The van der Waals surface area contributed by atoms with Crippen LogP contribution in [0.1, 0.15) is 155 Å². The zero-order chi connectivity index (χ0) is 37.2. The molecule has 292 valence electrons. The van der Waals surface area contributed by atoms with Crippen LogP contribution in [0.15, 0.2) is 36.5 Å². The summed E-state index contributed by atoms with van der Waals surface area (Å²) in [6, 6.07) is 0. The van der Waals surface area contributed by atoms with Gasteiger partial charge in [0.25, 0.3) is 0 Å². The molecule has 0 heterocycles. The molecule has 0 aliphatic heterocycles. The number of unbranched alkanes of at least 4 members (excludes halogenated alkanes) is 15. The number of hydrogen-bond donors (Lipinski definition) is 1. The molecule has 0 amide bonds. The summed E-state index contributed by atoms with van der Waals surface area (Å²) in [5, 5.41) is 0.